The lowest BCUT2D eigenvalue weighted by atomic mass is 10.2. The zero-order valence-electron chi connectivity index (χ0n) is 12.8. The Hall–Kier alpha value is -2.01. The molecule has 0 atom stereocenters. The Morgan fingerprint density at radius 2 is 2.00 bits per heavy atom. The van der Waals surface area contributed by atoms with Gasteiger partial charge in [0.05, 0.1) is 6.61 Å². The first-order chi connectivity index (χ1) is 11.0. The molecule has 11 heteroatoms. The van der Waals surface area contributed by atoms with Gasteiger partial charge >= 0.3 is 6.18 Å². The molecule has 0 aliphatic rings. The molecule has 0 aromatic carbocycles. The normalized spacial score (nSPS) is 12.7. The second-order valence-electron chi connectivity index (χ2n) is 5.02. The predicted octanol–water partition coefficient (Wildman–Crippen LogP) is 1.29. The third kappa shape index (κ3) is 4.09. The van der Waals surface area contributed by atoms with Gasteiger partial charge in [0, 0.05) is 30.0 Å². The fraction of sp³-hybridized carbons (Fsp3) is 0.462. The highest BCUT2D eigenvalue weighted by Gasteiger charge is 2.30. The van der Waals surface area contributed by atoms with Gasteiger partial charge in [-0.3, -0.25) is 9.36 Å². The van der Waals surface area contributed by atoms with Gasteiger partial charge < -0.3 is 4.74 Å². The quantitative estimate of drug-likeness (QED) is 0.742. The third-order valence-corrected chi connectivity index (χ3v) is 3.87. The van der Waals surface area contributed by atoms with Crippen LogP contribution in [0, 0.1) is 0 Å². The molecule has 7 nitrogen and oxygen atoms in total. The summed E-state index contributed by atoms with van der Waals surface area (Å²) in [5.74, 6) is 0. The van der Waals surface area contributed by atoms with Crippen molar-refractivity contribution in [3.05, 3.63) is 28.2 Å². The van der Waals surface area contributed by atoms with Crippen LogP contribution in [0.15, 0.2) is 22.2 Å². The minimum atomic E-state index is -4.68. The van der Waals surface area contributed by atoms with Crippen LogP contribution in [-0.2, 0) is 27.7 Å². The maximum absolute atomic E-state index is 12.8. The van der Waals surface area contributed by atoms with E-state index in [0.29, 0.717) is 4.57 Å². The Bertz CT molecular complexity index is 922. The zero-order valence-corrected chi connectivity index (χ0v) is 13.6. The van der Waals surface area contributed by atoms with E-state index in [0.717, 1.165) is 12.5 Å². The molecule has 2 heterocycles. The van der Waals surface area contributed by atoms with E-state index in [4.69, 9.17) is 4.74 Å². The van der Waals surface area contributed by atoms with Gasteiger partial charge in [-0.05, 0) is 13.0 Å². The van der Waals surface area contributed by atoms with Crippen LogP contribution in [0.2, 0.25) is 0 Å². The van der Waals surface area contributed by atoms with Crippen LogP contribution in [0.3, 0.4) is 0 Å². The van der Waals surface area contributed by atoms with E-state index in [2.05, 4.69) is 9.97 Å². The summed E-state index contributed by atoms with van der Waals surface area (Å²) in [6.07, 6.45) is -2.79. The van der Waals surface area contributed by atoms with Gasteiger partial charge in [-0.1, -0.05) is 0 Å². The number of ether oxygens (including phenoxy) is 1. The number of pyridine rings is 1. The fourth-order valence-corrected chi connectivity index (χ4v) is 2.52. The molecule has 0 aliphatic heterocycles. The number of hydrogen-bond acceptors (Lipinski definition) is 6. The summed E-state index contributed by atoms with van der Waals surface area (Å²) < 4.78 is 66.9. The standard InChI is InChI=1S/C13H14F3N3O4S/c1-3-23-6-9-4-8-5-17-12(24(2,21)22)18-10(8)19(11(9)20)7-13(14,15)16/h4-5H,3,6-7H2,1-2H3. The monoisotopic (exact) mass is 365 g/mol. The van der Waals surface area contributed by atoms with Gasteiger partial charge in [-0.15, -0.1) is 0 Å². The Kier molecular flexibility index (Phi) is 4.95. The predicted molar refractivity (Wildman–Crippen MR) is 78.3 cm³/mol. The van der Waals surface area contributed by atoms with Crippen molar-refractivity contribution in [3.8, 4) is 0 Å². The smallest absolute Gasteiger partial charge is 0.377 e. The summed E-state index contributed by atoms with van der Waals surface area (Å²) in [5.41, 5.74) is -1.33. The first-order valence-corrected chi connectivity index (χ1v) is 8.66. The molecule has 0 saturated heterocycles. The minimum absolute atomic E-state index is 0.00399. The van der Waals surface area contributed by atoms with Crippen molar-refractivity contribution in [3.63, 3.8) is 0 Å². The lowest BCUT2D eigenvalue weighted by Crippen LogP contribution is -2.31. The molecule has 24 heavy (non-hydrogen) atoms. The summed E-state index contributed by atoms with van der Waals surface area (Å²) in [5, 5.41) is -0.538. The highest BCUT2D eigenvalue weighted by Crippen LogP contribution is 2.20. The molecule has 0 N–H and O–H groups in total. The number of aromatic nitrogens is 3. The Balaban J connectivity index is 2.77. The van der Waals surface area contributed by atoms with E-state index in [1.165, 1.54) is 6.07 Å². The first-order valence-electron chi connectivity index (χ1n) is 6.77. The minimum Gasteiger partial charge on any atom is -0.377 e. The van der Waals surface area contributed by atoms with Crippen molar-refractivity contribution in [2.45, 2.75) is 31.4 Å². The van der Waals surface area contributed by atoms with E-state index in [1.54, 1.807) is 6.92 Å². The molecule has 0 spiro atoms. The molecule has 0 fully saturated rings. The van der Waals surface area contributed by atoms with Gasteiger partial charge in [-0.2, -0.15) is 18.2 Å². The topological polar surface area (TPSA) is 91.2 Å². The van der Waals surface area contributed by atoms with E-state index in [-0.39, 0.29) is 24.2 Å². The molecule has 0 bridgehead atoms. The summed E-state index contributed by atoms with van der Waals surface area (Å²) in [6, 6.07) is 1.30. The van der Waals surface area contributed by atoms with Crippen molar-refractivity contribution in [2.24, 2.45) is 0 Å². The second-order valence-corrected chi connectivity index (χ2v) is 6.93. The third-order valence-electron chi connectivity index (χ3n) is 3.01. The van der Waals surface area contributed by atoms with Gasteiger partial charge in [0.25, 0.3) is 5.56 Å². The number of sulfone groups is 1. The summed E-state index contributed by atoms with van der Waals surface area (Å²) in [7, 11) is -3.84. The second kappa shape index (κ2) is 6.48. The Morgan fingerprint density at radius 1 is 1.33 bits per heavy atom. The Labute approximate surface area is 135 Å². The molecule has 2 rings (SSSR count). The maximum atomic E-state index is 12.8. The highest BCUT2D eigenvalue weighted by atomic mass is 32.2. The van der Waals surface area contributed by atoms with Crippen molar-refractivity contribution in [2.75, 3.05) is 12.9 Å². The number of fused-ring (bicyclic) bond motifs is 1. The SMILES string of the molecule is CCOCc1cc2cnc(S(C)(=O)=O)nc2n(CC(F)(F)F)c1=O. The van der Waals surface area contributed by atoms with Crippen molar-refractivity contribution < 1.29 is 26.3 Å². The Morgan fingerprint density at radius 3 is 2.54 bits per heavy atom. The lowest BCUT2D eigenvalue weighted by molar-refractivity contribution is -0.140. The molecule has 0 unspecified atom stereocenters. The van der Waals surface area contributed by atoms with Crippen LogP contribution in [0.4, 0.5) is 13.2 Å². The molecular formula is C13H14F3N3O4S. The number of nitrogens with zero attached hydrogens (tertiary/aromatic N) is 3. The van der Waals surface area contributed by atoms with Gasteiger partial charge in [0.2, 0.25) is 15.0 Å². The number of alkyl halides is 3. The van der Waals surface area contributed by atoms with E-state index >= 15 is 0 Å². The molecule has 0 saturated carbocycles. The molecular weight excluding hydrogens is 351 g/mol. The average molecular weight is 365 g/mol. The molecule has 2 aromatic rings. The van der Waals surface area contributed by atoms with Crippen LogP contribution in [-0.4, -0.2) is 42.0 Å². The molecule has 132 valence electrons. The van der Waals surface area contributed by atoms with Crippen LogP contribution in [0.5, 0.6) is 0 Å². The molecule has 2 aromatic heterocycles. The number of halogens is 3. The van der Waals surface area contributed by atoms with E-state index in [1.807, 2.05) is 0 Å². The van der Waals surface area contributed by atoms with Crippen LogP contribution < -0.4 is 5.56 Å². The van der Waals surface area contributed by atoms with Crippen molar-refractivity contribution in [1.82, 2.24) is 14.5 Å². The zero-order chi connectivity index (χ0) is 18.1. The largest absolute Gasteiger partial charge is 0.406 e. The molecule has 0 radical (unpaired) electrons. The van der Waals surface area contributed by atoms with Gasteiger partial charge in [0.1, 0.15) is 12.2 Å². The summed E-state index contributed by atoms with van der Waals surface area (Å²) >= 11 is 0. The van der Waals surface area contributed by atoms with Crippen LogP contribution in [0.25, 0.3) is 11.0 Å². The van der Waals surface area contributed by atoms with Crippen molar-refractivity contribution >= 4 is 20.9 Å². The first kappa shape index (κ1) is 18.3. The van der Waals surface area contributed by atoms with E-state index < -0.39 is 38.9 Å². The molecule has 0 aliphatic carbocycles. The summed E-state index contributed by atoms with van der Waals surface area (Å²) in [6.45, 7) is 0.191. The summed E-state index contributed by atoms with van der Waals surface area (Å²) in [4.78, 5) is 19.6. The van der Waals surface area contributed by atoms with Crippen molar-refractivity contribution in [1.29, 1.82) is 0 Å². The molecule has 0 amide bonds. The fourth-order valence-electron chi connectivity index (χ4n) is 2.02. The maximum Gasteiger partial charge on any atom is 0.406 e. The van der Waals surface area contributed by atoms with Gasteiger partial charge in [-0.25, -0.2) is 13.4 Å². The highest BCUT2D eigenvalue weighted by molar-refractivity contribution is 7.90. The average Bonchev–Trinajstić information content (AvgIpc) is 2.46. The van der Waals surface area contributed by atoms with Crippen LogP contribution >= 0.6 is 0 Å². The lowest BCUT2D eigenvalue weighted by Gasteiger charge is -2.14. The van der Waals surface area contributed by atoms with Crippen LogP contribution in [0.1, 0.15) is 12.5 Å². The van der Waals surface area contributed by atoms with E-state index in [9.17, 15) is 26.4 Å². The van der Waals surface area contributed by atoms with Gasteiger partial charge in [0.15, 0.2) is 0 Å². The number of hydrogen-bond donors (Lipinski definition) is 0. The number of rotatable bonds is 5.